The first kappa shape index (κ1) is 11.8. The van der Waals surface area contributed by atoms with Crippen LogP contribution in [0.1, 0.15) is 17.3 Å². The average Bonchev–Trinajstić information content (AvgIpc) is 2.30. The van der Waals surface area contributed by atoms with Crippen LogP contribution in [0.25, 0.3) is 0 Å². The summed E-state index contributed by atoms with van der Waals surface area (Å²) >= 11 is 0. The maximum atomic E-state index is 13.0. The van der Waals surface area contributed by atoms with Crippen molar-refractivity contribution in [2.45, 2.75) is 13.0 Å². The van der Waals surface area contributed by atoms with Crippen LogP contribution in [-0.2, 0) is 4.74 Å². The fraction of sp³-hybridized carbons (Fsp3) is 0.455. The molecule has 1 aromatic rings. The van der Waals surface area contributed by atoms with E-state index in [1.807, 2.05) is 11.8 Å². The fourth-order valence-corrected chi connectivity index (χ4v) is 1.86. The predicted molar refractivity (Wildman–Crippen MR) is 58.8 cm³/mol. The average molecular weight is 240 g/mol. The van der Waals surface area contributed by atoms with Crippen molar-refractivity contribution in [1.29, 1.82) is 0 Å². The minimum atomic E-state index is -1.18. The number of carbonyl (C=O) groups is 1. The molecule has 2 heterocycles. The van der Waals surface area contributed by atoms with E-state index in [0.717, 1.165) is 12.3 Å². The summed E-state index contributed by atoms with van der Waals surface area (Å²) < 4.78 is 18.3. The van der Waals surface area contributed by atoms with Crippen LogP contribution in [-0.4, -0.2) is 41.9 Å². The summed E-state index contributed by atoms with van der Waals surface area (Å²) in [5.41, 5.74) is -0.112. The highest BCUT2D eigenvalue weighted by Gasteiger charge is 2.25. The molecule has 0 spiro atoms. The van der Waals surface area contributed by atoms with Crippen LogP contribution in [0.3, 0.4) is 0 Å². The minimum absolute atomic E-state index is 0.0276. The van der Waals surface area contributed by atoms with Gasteiger partial charge in [-0.1, -0.05) is 0 Å². The Morgan fingerprint density at radius 3 is 3.12 bits per heavy atom. The number of pyridine rings is 1. The molecule has 0 radical (unpaired) electrons. The van der Waals surface area contributed by atoms with E-state index < -0.39 is 11.8 Å². The summed E-state index contributed by atoms with van der Waals surface area (Å²) in [5.74, 6) is -1.52. The van der Waals surface area contributed by atoms with Crippen LogP contribution in [0, 0.1) is 5.82 Å². The van der Waals surface area contributed by atoms with Gasteiger partial charge in [-0.3, -0.25) is 0 Å². The number of aromatic nitrogens is 1. The number of hydrogen-bond donors (Lipinski definition) is 1. The van der Waals surface area contributed by atoms with Gasteiger partial charge in [0.1, 0.15) is 17.2 Å². The van der Waals surface area contributed by atoms with Crippen LogP contribution in [0.4, 0.5) is 10.2 Å². The number of rotatable bonds is 2. The van der Waals surface area contributed by atoms with Crippen molar-refractivity contribution in [3.05, 3.63) is 23.6 Å². The Morgan fingerprint density at radius 1 is 1.71 bits per heavy atom. The molecule has 0 amide bonds. The largest absolute Gasteiger partial charge is 0.478 e. The number of morpholine rings is 1. The van der Waals surface area contributed by atoms with Gasteiger partial charge in [0.2, 0.25) is 0 Å². The molecule has 92 valence electrons. The van der Waals surface area contributed by atoms with Crippen molar-refractivity contribution in [1.82, 2.24) is 4.98 Å². The normalized spacial score (nSPS) is 20.4. The molecule has 1 N–H and O–H groups in total. The lowest BCUT2D eigenvalue weighted by atomic mass is 10.2. The maximum Gasteiger partial charge on any atom is 0.339 e. The molecular formula is C11H13FN2O3. The topological polar surface area (TPSA) is 62.7 Å². The molecular weight excluding hydrogens is 227 g/mol. The lowest BCUT2D eigenvalue weighted by Crippen LogP contribution is -2.44. The molecule has 0 saturated carbocycles. The Morgan fingerprint density at radius 2 is 2.47 bits per heavy atom. The molecule has 1 aromatic heterocycles. The Hall–Kier alpha value is -1.69. The van der Waals surface area contributed by atoms with Gasteiger partial charge in [-0.25, -0.2) is 14.2 Å². The molecule has 6 heteroatoms. The number of anilines is 1. The molecule has 1 fully saturated rings. The lowest BCUT2D eigenvalue weighted by Gasteiger charge is -2.34. The highest BCUT2D eigenvalue weighted by Crippen LogP contribution is 2.22. The van der Waals surface area contributed by atoms with Crippen LogP contribution < -0.4 is 4.90 Å². The van der Waals surface area contributed by atoms with Gasteiger partial charge in [-0.15, -0.1) is 0 Å². The quantitative estimate of drug-likeness (QED) is 0.840. The van der Waals surface area contributed by atoms with Crippen molar-refractivity contribution in [3.8, 4) is 0 Å². The van der Waals surface area contributed by atoms with E-state index in [1.165, 1.54) is 0 Å². The van der Waals surface area contributed by atoms with E-state index in [9.17, 15) is 9.18 Å². The fourth-order valence-electron chi connectivity index (χ4n) is 1.86. The van der Waals surface area contributed by atoms with E-state index in [2.05, 4.69) is 4.98 Å². The van der Waals surface area contributed by atoms with Crippen molar-refractivity contribution in [2.75, 3.05) is 24.7 Å². The van der Waals surface area contributed by atoms with Gasteiger partial charge in [0.05, 0.1) is 25.5 Å². The number of aromatic carboxylic acids is 1. The van der Waals surface area contributed by atoms with Gasteiger partial charge in [-0.2, -0.15) is 0 Å². The Labute approximate surface area is 97.8 Å². The third-order valence-electron chi connectivity index (χ3n) is 2.70. The van der Waals surface area contributed by atoms with E-state index in [4.69, 9.17) is 9.84 Å². The summed E-state index contributed by atoms with van der Waals surface area (Å²) in [4.78, 5) is 16.8. The van der Waals surface area contributed by atoms with Crippen LogP contribution in [0.2, 0.25) is 0 Å². The summed E-state index contributed by atoms with van der Waals surface area (Å²) in [5, 5.41) is 9.04. The first-order chi connectivity index (χ1) is 8.09. The molecule has 1 saturated heterocycles. The van der Waals surface area contributed by atoms with Gasteiger partial charge >= 0.3 is 5.97 Å². The number of ether oxygens (including phenoxy) is 1. The zero-order chi connectivity index (χ0) is 12.4. The Kier molecular flexibility index (Phi) is 3.23. The highest BCUT2D eigenvalue weighted by molar-refractivity contribution is 5.93. The smallest absolute Gasteiger partial charge is 0.339 e. The van der Waals surface area contributed by atoms with E-state index in [0.29, 0.717) is 25.6 Å². The van der Waals surface area contributed by atoms with Crippen molar-refractivity contribution in [2.24, 2.45) is 0 Å². The van der Waals surface area contributed by atoms with Gasteiger partial charge in [-0.05, 0) is 13.0 Å². The predicted octanol–water partition coefficient (Wildman–Crippen LogP) is 1.14. The number of halogens is 1. The molecule has 1 unspecified atom stereocenters. The number of carboxylic acid groups (broad SMARTS) is 1. The molecule has 0 aromatic carbocycles. The van der Waals surface area contributed by atoms with E-state index in [-0.39, 0.29) is 11.6 Å². The monoisotopic (exact) mass is 240 g/mol. The molecule has 1 aliphatic heterocycles. The minimum Gasteiger partial charge on any atom is -0.478 e. The highest BCUT2D eigenvalue weighted by atomic mass is 19.1. The SMILES string of the molecule is CC1COCCN1c1ncc(F)cc1C(=O)O. The molecule has 0 aliphatic carbocycles. The Bertz CT molecular complexity index is 439. The van der Waals surface area contributed by atoms with Gasteiger partial charge in [0, 0.05) is 6.54 Å². The summed E-state index contributed by atoms with van der Waals surface area (Å²) in [6.07, 6.45) is 1.03. The molecule has 2 rings (SSSR count). The summed E-state index contributed by atoms with van der Waals surface area (Å²) in [7, 11) is 0. The first-order valence-electron chi connectivity index (χ1n) is 5.33. The van der Waals surface area contributed by atoms with Crippen LogP contribution in [0.5, 0.6) is 0 Å². The summed E-state index contributed by atoms with van der Waals surface area (Å²) in [6.45, 7) is 3.50. The number of hydrogen-bond acceptors (Lipinski definition) is 4. The molecule has 17 heavy (non-hydrogen) atoms. The Balaban J connectivity index is 2.39. The number of carboxylic acids is 1. The zero-order valence-corrected chi connectivity index (χ0v) is 9.39. The second kappa shape index (κ2) is 4.67. The van der Waals surface area contributed by atoms with Gasteiger partial charge in [0.25, 0.3) is 0 Å². The van der Waals surface area contributed by atoms with Crippen molar-refractivity contribution >= 4 is 11.8 Å². The molecule has 5 nitrogen and oxygen atoms in total. The molecule has 1 aliphatic rings. The van der Waals surface area contributed by atoms with Gasteiger partial charge in [0.15, 0.2) is 0 Å². The second-order valence-corrected chi connectivity index (χ2v) is 3.95. The molecule has 0 bridgehead atoms. The van der Waals surface area contributed by atoms with Crippen molar-refractivity contribution in [3.63, 3.8) is 0 Å². The van der Waals surface area contributed by atoms with Crippen LogP contribution in [0.15, 0.2) is 12.3 Å². The maximum absolute atomic E-state index is 13.0. The van der Waals surface area contributed by atoms with E-state index in [1.54, 1.807) is 0 Å². The number of nitrogens with zero attached hydrogens (tertiary/aromatic N) is 2. The van der Waals surface area contributed by atoms with Crippen LogP contribution >= 0.6 is 0 Å². The van der Waals surface area contributed by atoms with E-state index >= 15 is 0 Å². The lowest BCUT2D eigenvalue weighted by molar-refractivity contribution is 0.0693. The second-order valence-electron chi connectivity index (χ2n) is 3.95. The molecule has 1 atom stereocenters. The third kappa shape index (κ3) is 2.36. The van der Waals surface area contributed by atoms with Gasteiger partial charge < -0.3 is 14.7 Å². The standard InChI is InChI=1S/C11H13FN2O3/c1-7-6-17-3-2-14(7)10-9(11(15)16)4-8(12)5-13-10/h4-5,7H,2-3,6H2,1H3,(H,15,16). The third-order valence-corrected chi connectivity index (χ3v) is 2.70. The summed E-state index contributed by atoms with van der Waals surface area (Å²) in [6, 6.07) is 1.02. The first-order valence-corrected chi connectivity index (χ1v) is 5.33. The zero-order valence-electron chi connectivity index (χ0n) is 9.39. The van der Waals surface area contributed by atoms with Crippen molar-refractivity contribution < 1.29 is 19.0 Å².